The van der Waals surface area contributed by atoms with E-state index in [1.807, 2.05) is 31.2 Å². The fraction of sp³-hybridized carbons (Fsp3) is 0.333. The number of rotatable bonds is 4. The van der Waals surface area contributed by atoms with Gasteiger partial charge in [0.2, 0.25) is 0 Å². The van der Waals surface area contributed by atoms with Crippen LogP contribution in [-0.2, 0) is 22.3 Å². The lowest BCUT2D eigenvalue weighted by Crippen LogP contribution is -2.17. The molecular weight excluding hydrogens is 348 g/mol. The largest absolute Gasteiger partial charge is 0.513 e. The minimum atomic E-state index is -0.754. The summed E-state index contributed by atoms with van der Waals surface area (Å²) in [7, 11) is 0. The molecule has 1 aliphatic rings. The van der Waals surface area contributed by atoms with Gasteiger partial charge in [-0.25, -0.2) is 9.59 Å². The average Bonchev–Trinajstić information content (AvgIpc) is 2.64. The maximum absolute atomic E-state index is 12.0. The molecule has 0 saturated carbocycles. The Bertz CT molecular complexity index is 913. The van der Waals surface area contributed by atoms with E-state index in [9.17, 15) is 9.59 Å². The second-order valence-electron chi connectivity index (χ2n) is 6.16. The lowest BCUT2D eigenvalue weighted by molar-refractivity contribution is 0.102. The van der Waals surface area contributed by atoms with E-state index in [0.29, 0.717) is 35.1 Å². The van der Waals surface area contributed by atoms with Gasteiger partial charge in [-0.1, -0.05) is 35.9 Å². The first-order chi connectivity index (χ1) is 13.0. The van der Waals surface area contributed by atoms with Crippen molar-refractivity contribution in [3.63, 3.8) is 0 Å². The molecule has 3 rings (SSSR count). The third kappa shape index (κ3) is 3.89. The molecule has 27 heavy (non-hydrogen) atoms. The first-order valence-corrected chi connectivity index (χ1v) is 8.96. The Hall–Kier alpha value is -3.02. The topological polar surface area (TPSA) is 71.1 Å². The van der Waals surface area contributed by atoms with Crippen molar-refractivity contribution in [3.05, 3.63) is 47.0 Å². The average molecular weight is 370 g/mol. The van der Waals surface area contributed by atoms with Crippen molar-refractivity contribution >= 4 is 23.1 Å². The molecule has 0 aromatic heterocycles. The van der Waals surface area contributed by atoms with E-state index in [0.717, 1.165) is 16.7 Å². The van der Waals surface area contributed by atoms with Crippen molar-refractivity contribution in [2.45, 2.75) is 33.6 Å². The molecule has 2 aromatic rings. The molecule has 0 N–H and O–H groups in total. The fourth-order valence-corrected chi connectivity index (χ4v) is 3.20. The maximum Gasteiger partial charge on any atom is 0.513 e. The molecule has 0 amide bonds. The lowest BCUT2D eigenvalue weighted by atomic mass is 9.87. The lowest BCUT2D eigenvalue weighted by Gasteiger charge is -2.23. The van der Waals surface area contributed by atoms with Crippen LogP contribution in [0.15, 0.2) is 35.9 Å². The SMILES string of the molecule is CCOC(=O)Oc1c2c(c(OC(=O)OCC)c3ccccc13)CC(C)=CC2. The van der Waals surface area contributed by atoms with Crippen LogP contribution in [0, 0.1) is 0 Å². The Morgan fingerprint density at radius 2 is 1.41 bits per heavy atom. The van der Waals surface area contributed by atoms with Crippen LogP contribution in [0.4, 0.5) is 9.59 Å². The van der Waals surface area contributed by atoms with Gasteiger partial charge in [0.15, 0.2) is 0 Å². The zero-order chi connectivity index (χ0) is 19.4. The van der Waals surface area contributed by atoms with Crippen molar-refractivity contribution < 1.29 is 28.5 Å². The van der Waals surface area contributed by atoms with Crippen LogP contribution in [-0.4, -0.2) is 25.5 Å². The number of hydrogen-bond donors (Lipinski definition) is 0. The quantitative estimate of drug-likeness (QED) is 0.431. The molecule has 0 radical (unpaired) electrons. The Labute approximate surface area is 157 Å². The molecule has 142 valence electrons. The van der Waals surface area contributed by atoms with Gasteiger partial charge in [0, 0.05) is 21.9 Å². The van der Waals surface area contributed by atoms with Crippen LogP contribution in [0.3, 0.4) is 0 Å². The summed E-state index contributed by atoms with van der Waals surface area (Å²) in [4.78, 5) is 24.0. The summed E-state index contributed by atoms with van der Waals surface area (Å²) in [5.74, 6) is 0.890. The normalized spacial score (nSPS) is 12.8. The number of fused-ring (bicyclic) bond motifs is 2. The van der Waals surface area contributed by atoms with Crippen LogP contribution in [0.1, 0.15) is 31.9 Å². The van der Waals surface area contributed by atoms with Crippen molar-refractivity contribution in [1.29, 1.82) is 0 Å². The first-order valence-electron chi connectivity index (χ1n) is 8.96. The van der Waals surface area contributed by atoms with Crippen LogP contribution >= 0.6 is 0 Å². The summed E-state index contributed by atoms with van der Waals surface area (Å²) in [5.41, 5.74) is 2.78. The molecule has 0 saturated heterocycles. The second kappa shape index (κ2) is 8.12. The van der Waals surface area contributed by atoms with Gasteiger partial charge >= 0.3 is 12.3 Å². The van der Waals surface area contributed by atoms with Gasteiger partial charge in [0.05, 0.1) is 13.2 Å². The molecule has 0 spiro atoms. The van der Waals surface area contributed by atoms with Gasteiger partial charge in [-0.3, -0.25) is 0 Å². The number of ether oxygens (including phenoxy) is 4. The fourth-order valence-electron chi connectivity index (χ4n) is 3.20. The number of carbonyl (C=O) groups excluding carboxylic acids is 2. The van der Waals surface area contributed by atoms with E-state index in [2.05, 4.69) is 6.08 Å². The van der Waals surface area contributed by atoms with Crippen molar-refractivity contribution in [3.8, 4) is 11.5 Å². The number of benzene rings is 2. The van der Waals surface area contributed by atoms with Gasteiger partial charge in [-0.05, 0) is 33.6 Å². The van der Waals surface area contributed by atoms with Gasteiger partial charge in [0.25, 0.3) is 0 Å². The van der Waals surface area contributed by atoms with Crippen molar-refractivity contribution in [1.82, 2.24) is 0 Å². The summed E-state index contributed by atoms with van der Waals surface area (Å²) in [6, 6.07) is 7.33. The highest BCUT2D eigenvalue weighted by Crippen LogP contribution is 2.44. The van der Waals surface area contributed by atoms with Crippen molar-refractivity contribution in [2.24, 2.45) is 0 Å². The van der Waals surface area contributed by atoms with E-state index in [4.69, 9.17) is 18.9 Å². The molecule has 2 aromatic carbocycles. The maximum atomic E-state index is 12.0. The number of allylic oxidation sites excluding steroid dienone is 2. The van der Waals surface area contributed by atoms with Gasteiger partial charge in [0.1, 0.15) is 11.5 Å². The Morgan fingerprint density at radius 3 is 1.93 bits per heavy atom. The van der Waals surface area contributed by atoms with Crippen LogP contribution in [0.25, 0.3) is 10.8 Å². The predicted molar refractivity (Wildman–Crippen MR) is 100 cm³/mol. The second-order valence-corrected chi connectivity index (χ2v) is 6.16. The highest BCUT2D eigenvalue weighted by molar-refractivity contribution is 5.98. The summed E-state index contributed by atoms with van der Waals surface area (Å²) < 4.78 is 21.0. The third-order valence-electron chi connectivity index (χ3n) is 4.33. The molecule has 0 atom stereocenters. The van der Waals surface area contributed by atoms with E-state index >= 15 is 0 Å². The van der Waals surface area contributed by atoms with Crippen LogP contribution in [0.5, 0.6) is 11.5 Å². The van der Waals surface area contributed by atoms with E-state index in [-0.39, 0.29) is 13.2 Å². The monoisotopic (exact) mass is 370 g/mol. The summed E-state index contributed by atoms with van der Waals surface area (Å²) >= 11 is 0. The molecule has 6 heteroatoms. The van der Waals surface area contributed by atoms with Gasteiger partial charge < -0.3 is 18.9 Å². The highest BCUT2D eigenvalue weighted by atomic mass is 16.7. The predicted octanol–water partition coefficient (Wildman–Crippen LogP) is 4.96. The van der Waals surface area contributed by atoms with E-state index < -0.39 is 12.3 Å². The summed E-state index contributed by atoms with van der Waals surface area (Å²) in [6.07, 6.45) is 1.73. The summed E-state index contributed by atoms with van der Waals surface area (Å²) in [5, 5.41) is 1.36. The molecule has 0 aliphatic heterocycles. The molecule has 0 heterocycles. The zero-order valence-corrected chi connectivity index (χ0v) is 15.7. The minimum Gasteiger partial charge on any atom is -0.434 e. The van der Waals surface area contributed by atoms with Crippen molar-refractivity contribution in [2.75, 3.05) is 13.2 Å². The zero-order valence-electron chi connectivity index (χ0n) is 15.7. The first kappa shape index (κ1) is 18.8. The van der Waals surface area contributed by atoms with Crippen LogP contribution < -0.4 is 9.47 Å². The Balaban J connectivity index is 2.19. The van der Waals surface area contributed by atoms with Gasteiger partial charge in [-0.15, -0.1) is 0 Å². The highest BCUT2D eigenvalue weighted by Gasteiger charge is 2.26. The third-order valence-corrected chi connectivity index (χ3v) is 4.33. The molecule has 0 fully saturated rings. The Kier molecular flexibility index (Phi) is 5.64. The molecule has 1 aliphatic carbocycles. The van der Waals surface area contributed by atoms with Crippen LogP contribution in [0.2, 0.25) is 0 Å². The molecule has 0 bridgehead atoms. The minimum absolute atomic E-state index is 0.224. The summed E-state index contributed by atoms with van der Waals surface area (Å²) in [6.45, 7) is 5.90. The van der Waals surface area contributed by atoms with Gasteiger partial charge in [-0.2, -0.15) is 0 Å². The number of hydrogen-bond acceptors (Lipinski definition) is 6. The van der Waals surface area contributed by atoms with E-state index in [1.165, 1.54) is 0 Å². The van der Waals surface area contributed by atoms with E-state index in [1.54, 1.807) is 13.8 Å². The Morgan fingerprint density at radius 1 is 0.889 bits per heavy atom. The smallest absolute Gasteiger partial charge is 0.434 e. The number of carbonyl (C=O) groups is 2. The molecule has 0 unspecified atom stereocenters. The molecule has 6 nitrogen and oxygen atoms in total. The molecular formula is C21H22O6. The standard InChI is InChI=1S/C21H22O6/c1-4-24-20(22)26-18-14-8-6-7-9-15(14)19(27-21(23)25-5-2)17-12-13(3)10-11-16(17)18/h6-10H,4-5,11-12H2,1-3H3.